The van der Waals surface area contributed by atoms with Crippen molar-refractivity contribution in [3.8, 4) is 5.75 Å². The molecule has 0 aliphatic carbocycles. The molecule has 0 fully saturated rings. The van der Waals surface area contributed by atoms with E-state index in [0.717, 1.165) is 22.4 Å². The van der Waals surface area contributed by atoms with Crippen LogP contribution < -0.4 is 10.1 Å². The standard InChI is InChI=1S/C21H19FN2O2/c22-19-7-3-16(4-8-19)12-21(25)24-14-17-5-9-20(10-6-17)26-15-18-2-1-11-23-13-18/h1-11,13H,12,14-15H2,(H,24,25). The van der Waals surface area contributed by atoms with E-state index in [1.54, 1.807) is 24.5 Å². The molecule has 4 nitrogen and oxygen atoms in total. The molecular formula is C21H19FN2O2. The quantitative estimate of drug-likeness (QED) is 0.707. The number of nitrogens with one attached hydrogen (secondary N) is 1. The molecule has 0 radical (unpaired) electrons. The Labute approximate surface area is 151 Å². The summed E-state index contributed by atoms with van der Waals surface area (Å²) in [6, 6.07) is 17.3. The molecule has 0 atom stereocenters. The molecule has 26 heavy (non-hydrogen) atoms. The van der Waals surface area contributed by atoms with Crippen molar-refractivity contribution in [3.05, 3.63) is 95.6 Å². The lowest BCUT2D eigenvalue weighted by atomic mass is 10.1. The van der Waals surface area contributed by atoms with Crippen LogP contribution in [0.25, 0.3) is 0 Å². The highest BCUT2D eigenvalue weighted by Gasteiger charge is 2.04. The second-order valence-corrected chi connectivity index (χ2v) is 5.87. The predicted molar refractivity (Wildman–Crippen MR) is 97.0 cm³/mol. The monoisotopic (exact) mass is 350 g/mol. The summed E-state index contributed by atoms with van der Waals surface area (Å²) < 4.78 is 18.6. The zero-order chi connectivity index (χ0) is 18.2. The van der Waals surface area contributed by atoms with Crippen molar-refractivity contribution in [2.75, 3.05) is 0 Å². The third-order valence-electron chi connectivity index (χ3n) is 3.82. The van der Waals surface area contributed by atoms with Crippen molar-refractivity contribution in [3.63, 3.8) is 0 Å². The fraction of sp³-hybridized carbons (Fsp3) is 0.143. The van der Waals surface area contributed by atoms with Crippen LogP contribution >= 0.6 is 0 Å². The number of hydrogen-bond acceptors (Lipinski definition) is 3. The van der Waals surface area contributed by atoms with Crippen molar-refractivity contribution in [2.45, 2.75) is 19.6 Å². The maximum absolute atomic E-state index is 12.9. The van der Waals surface area contributed by atoms with Gasteiger partial charge in [-0.2, -0.15) is 0 Å². The Bertz CT molecular complexity index is 834. The Kier molecular flexibility index (Phi) is 5.93. The summed E-state index contributed by atoms with van der Waals surface area (Å²) in [7, 11) is 0. The second kappa shape index (κ2) is 8.76. The maximum Gasteiger partial charge on any atom is 0.224 e. The summed E-state index contributed by atoms with van der Waals surface area (Å²) in [4.78, 5) is 16.0. The van der Waals surface area contributed by atoms with Gasteiger partial charge in [-0.1, -0.05) is 30.3 Å². The van der Waals surface area contributed by atoms with Crippen LogP contribution in [0.3, 0.4) is 0 Å². The van der Waals surface area contributed by atoms with Gasteiger partial charge in [0.2, 0.25) is 5.91 Å². The molecule has 0 unspecified atom stereocenters. The lowest BCUT2D eigenvalue weighted by molar-refractivity contribution is -0.120. The van der Waals surface area contributed by atoms with Gasteiger partial charge < -0.3 is 10.1 Å². The van der Waals surface area contributed by atoms with Gasteiger partial charge in [0.1, 0.15) is 18.2 Å². The molecule has 1 N–H and O–H groups in total. The number of benzene rings is 2. The van der Waals surface area contributed by atoms with Gasteiger partial charge in [-0.3, -0.25) is 9.78 Å². The van der Waals surface area contributed by atoms with Gasteiger partial charge in [0.15, 0.2) is 0 Å². The molecule has 0 spiro atoms. The smallest absolute Gasteiger partial charge is 0.224 e. The fourth-order valence-electron chi connectivity index (χ4n) is 2.40. The lowest BCUT2D eigenvalue weighted by Crippen LogP contribution is -2.24. The molecule has 1 heterocycles. The van der Waals surface area contributed by atoms with E-state index < -0.39 is 0 Å². The first-order valence-electron chi connectivity index (χ1n) is 8.31. The van der Waals surface area contributed by atoms with Gasteiger partial charge in [0.25, 0.3) is 0 Å². The number of nitrogens with zero attached hydrogens (tertiary/aromatic N) is 1. The minimum absolute atomic E-state index is 0.103. The molecule has 1 amide bonds. The Morgan fingerprint density at radius 2 is 1.69 bits per heavy atom. The Balaban J connectivity index is 1.45. The summed E-state index contributed by atoms with van der Waals surface area (Å²) >= 11 is 0. The van der Waals surface area contributed by atoms with Gasteiger partial charge in [0.05, 0.1) is 6.42 Å². The number of pyridine rings is 1. The van der Waals surface area contributed by atoms with E-state index in [0.29, 0.717) is 13.2 Å². The predicted octanol–water partition coefficient (Wildman–Crippen LogP) is 3.66. The Morgan fingerprint density at radius 1 is 0.962 bits per heavy atom. The number of amides is 1. The zero-order valence-corrected chi connectivity index (χ0v) is 14.2. The number of carbonyl (C=O) groups excluding carboxylic acids is 1. The highest BCUT2D eigenvalue weighted by atomic mass is 19.1. The molecule has 1 aromatic heterocycles. The molecule has 5 heteroatoms. The molecule has 0 aliphatic rings. The molecule has 0 aliphatic heterocycles. The number of hydrogen-bond donors (Lipinski definition) is 1. The van der Waals surface area contributed by atoms with Gasteiger partial charge in [-0.05, 0) is 41.5 Å². The number of halogens is 1. The van der Waals surface area contributed by atoms with Gasteiger partial charge in [0, 0.05) is 24.5 Å². The molecule has 0 saturated heterocycles. The molecule has 0 bridgehead atoms. The summed E-state index contributed by atoms with van der Waals surface area (Å²) in [6.07, 6.45) is 3.72. The highest BCUT2D eigenvalue weighted by Crippen LogP contribution is 2.14. The zero-order valence-electron chi connectivity index (χ0n) is 14.2. The van der Waals surface area contributed by atoms with Crippen molar-refractivity contribution in [1.29, 1.82) is 0 Å². The molecule has 2 aromatic carbocycles. The minimum atomic E-state index is -0.306. The van der Waals surface area contributed by atoms with Crippen LogP contribution in [0.2, 0.25) is 0 Å². The highest BCUT2D eigenvalue weighted by molar-refractivity contribution is 5.78. The summed E-state index contributed by atoms with van der Waals surface area (Å²) in [5.41, 5.74) is 2.76. The normalized spacial score (nSPS) is 10.3. The van der Waals surface area contributed by atoms with Crippen LogP contribution in [0.1, 0.15) is 16.7 Å². The topological polar surface area (TPSA) is 51.2 Å². The first-order valence-corrected chi connectivity index (χ1v) is 8.31. The molecular weight excluding hydrogens is 331 g/mol. The lowest BCUT2D eigenvalue weighted by Gasteiger charge is -2.08. The van der Waals surface area contributed by atoms with Crippen molar-refractivity contribution < 1.29 is 13.9 Å². The van der Waals surface area contributed by atoms with Crippen LogP contribution in [0.5, 0.6) is 5.75 Å². The van der Waals surface area contributed by atoms with E-state index in [-0.39, 0.29) is 18.1 Å². The van der Waals surface area contributed by atoms with E-state index in [1.807, 2.05) is 36.4 Å². The summed E-state index contributed by atoms with van der Waals surface area (Å²) in [6.45, 7) is 0.893. The molecule has 132 valence electrons. The largest absolute Gasteiger partial charge is 0.489 e. The van der Waals surface area contributed by atoms with Crippen molar-refractivity contribution in [2.24, 2.45) is 0 Å². The molecule has 0 saturated carbocycles. The number of rotatable bonds is 7. The average Bonchev–Trinajstić information content (AvgIpc) is 2.68. The average molecular weight is 350 g/mol. The maximum atomic E-state index is 12.9. The van der Waals surface area contributed by atoms with E-state index in [1.165, 1.54) is 12.1 Å². The summed E-state index contributed by atoms with van der Waals surface area (Å²) in [5.74, 6) is 0.351. The molecule has 3 aromatic rings. The second-order valence-electron chi connectivity index (χ2n) is 5.87. The van der Waals surface area contributed by atoms with Gasteiger partial charge in [-0.25, -0.2) is 4.39 Å². The van der Waals surface area contributed by atoms with E-state index in [2.05, 4.69) is 10.3 Å². The SMILES string of the molecule is O=C(Cc1ccc(F)cc1)NCc1ccc(OCc2cccnc2)cc1. The van der Waals surface area contributed by atoms with Crippen molar-refractivity contribution in [1.82, 2.24) is 10.3 Å². The number of ether oxygens (including phenoxy) is 1. The Hall–Kier alpha value is -3.21. The number of aromatic nitrogens is 1. The third-order valence-corrected chi connectivity index (χ3v) is 3.82. The van der Waals surface area contributed by atoms with Crippen molar-refractivity contribution >= 4 is 5.91 Å². The van der Waals surface area contributed by atoms with Crippen LogP contribution in [0.15, 0.2) is 73.1 Å². The van der Waals surface area contributed by atoms with Gasteiger partial charge in [-0.15, -0.1) is 0 Å². The van der Waals surface area contributed by atoms with E-state index >= 15 is 0 Å². The minimum Gasteiger partial charge on any atom is -0.489 e. The number of carbonyl (C=O) groups is 1. The van der Waals surface area contributed by atoms with Crippen LogP contribution in [0, 0.1) is 5.82 Å². The first-order chi connectivity index (χ1) is 12.7. The van der Waals surface area contributed by atoms with Crippen LogP contribution in [0.4, 0.5) is 4.39 Å². The third kappa shape index (κ3) is 5.41. The first kappa shape index (κ1) is 17.6. The fourth-order valence-corrected chi connectivity index (χ4v) is 2.40. The molecule has 3 rings (SSSR count). The van der Waals surface area contributed by atoms with Crippen LogP contribution in [-0.4, -0.2) is 10.9 Å². The van der Waals surface area contributed by atoms with E-state index in [4.69, 9.17) is 4.74 Å². The summed E-state index contributed by atoms with van der Waals surface area (Å²) in [5, 5.41) is 2.86. The van der Waals surface area contributed by atoms with Crippen LogP contribution in [-0.2, 0) is 24.4 Å². The van der Waals surface area contributed by atoms with Gasteiger partial charge >= 0.3 is 0 Å². The van der Waals surface area contributed by atoms with E-state index in [9.17, 15) is 9.18 Å². The Morgan fingerprint density at radius 3 is 2.38 bits per heavy atom.